The molecule has 0 spiro atoms. The standard InChI is InChI=1S/C11H14BrClN2O/c1-3-9(11(14)16)15-10-5-8(13)6(2)4-7(10)12/h4-5,9,15H,3H2,1-2H3,(H2,14,16). The molecule has 88 valence electrons. The Morgan fingerprint density at radius 3 is 2.75 bits per heavy atom. The third-order valence-electron chi connectivity index (χ3n) is 2.33. The first kappa shape index (κ1) is 13.3. The summed E-state index contributed by atoms with van der Waals surface area (Å²) in [5.74, 6) is -0.369. The van der Waals surface area contributed by atoms with Crippen LogP contribution < -0.4 is 11.1 Å². The molecule has 3 N–H and O–H groups in total. The lowest BCUT2D eigenvalue weighted by atomic mass is 10.1. The van der Waals surface area contributed by atoms with Crippen molar-refractivity contribution in [1.29, 1.82) is 0 Å². The SMILES string of the molecule is CCC(Nc1cc(Cl)c(C)cc1Br)C(N)=O. The van der Waals surface area contributed by atoms with Gasteiger partial charge in [0.25, 0.3) is 0 Å². The number of nitrogens with two attached hydrogens (primary N) is 1. The summed E-state index contributed by atoms with van der Waals surface area (Å²) in [6.07, 6.45) is 0.632. The van der Waals surface area contributed by atoms with Crippen LogP contribution in [0.5, 0.6) is 0 Å². The minimum atomic E-state index is -0.380. The van der Waals surface area contributed by atoms with Gasteiger partial charge in [0.05, 0.1) is 5.69 Å². The molecule has 0 aromatic heterocycles. The maximum absolute atomic E-state index is 11.1. The first-order valence-electron chi connectivity index (χ1n) is 4.97. The summed E-state index contributed by atoms with van der Waals surface area (Å²) in [6.45, 7) is 3.81. The number of primary amides is 1. The van der Waals surface area contributed by atoms with E-state index in [1.807, 2.05) is 19.9 Å². The molecule has 1 aromatic carbocycles. The van der Waals surface area contributed by atoms with Crippen molar-refractivity contribution >= 4 is 39.1 Å². The quantitative estimate of drug-likeness (QED) is 0.898. The molecule has 3 nitrogen and oxygen atoms in total. The van der Waals surface area contributed by atoms with Crippen molar-refractivity contribution in [3.05, 3.63) is 27.2 Å². The highest BCUT2D eigenvalue weighted by Gasteiger charge is 2.14. The molecule has 1 unspecified atom stereocenters. The minimum absolute atomic E-state index is 0.369. The Bertz CT molecular complexity index is 409. The Balaban J connectivity index is 2.96. The molecule has 1 atom stereocenters. The number of halogens is 2. The Kier molecular flexibility index (Phi) is 4.62. The summed E-state index contributed by atoms with van der Waals surface area (Å²) in [7, 11) is 0. The smallest absolute Gasteiger partial charge is 0.239 e. The first-order valence-corrected chi connectivity index (χ1v) is 6.14. The van der Waals surface area contributed by atoms with E-state index in [0.29, 0.717) is 11.4 Å². The van der Waals surface area contributed by atoms with E-state index in [9.17, 15) is 4.79 Å². The molecule has 0 heterocycles. The van der Waals surface area contributed by atoms with Crippen molar-refractivity contribution in [2.75, 3.05) is 5.32 Å². The van der Waals surface area contributed by atoms with Crippen LogP contribution in [0.4, 0.5) is 5.69 Å². The zero-order valence-corrected chi connectivity index (χ0v) is 11.5. The summed E-state index contributed by atoms with van der Waals surface area (Å²) in [5.41, 5.74) is 7.02. The zero-order chi connectivity index (χ0) is 12.3. The number of hydrogen-bond donors (Lipinski definition) is 2. The second-order valence-corrected chi connectivity index (χ2v) is 4.85. The maximum atomic E-state index is 11.1. The van der Waals surface area contributed by atoms with E-state index in [1.54, 1.807) is 6.07 Å². The highest BCUT2D eigenvalue weighted by atomic mass is 79.9. The highest BCUT2D eigenvalue weighted by molar-refractivity contribution is 9.10. The van der Waals surface area contributed by atoms with Gasteiger partial charge in [-0.05, 0) is 47.0 Å². The maximum Gasteiger partial charge on any atom is 0.239 e. The van der Waals surface area contributed by atoms with Crippen LogP contribution >= 0.6 is 27.5 Å². The summed E-state index contributed by atoms with van der Waals surface area (Å²) < 4.78 is 0.870. The van der Waals surface area contributed by atoms with Gasteiger partial charge in [-0.1, -0.05) is 18.5 Å². The van der Waals surface area contributed by atoms with Crippen molar-refractivity contribution in [1.82, 2.24) is 0 Å². The van der Waals surface area contributed by atoms with Crippen LogP contribution in [-0.2, 0) is 4.79 Å². The van der Waals surface area contributed by atoms with E-state index in [2.05, 4.69) is 21.2 Å². The van der Waals surface area contributed by atoms with Gasteiger partial charge in [0.1, 0.15) is 6.04 Å². The van der Waals surface area contributed by atoms with Crippen molar-refractivity contribution < 1.29 is 4.79 Å². The zero-order valence-electron chi connectivity index (χ0n) is 9.18. The molecule has 1 amide bonds. The number of anilines is 1. The molecule has 0 saturated heterocycles. The molecule has 0 saturated carbocycles. The molecule has 0 aliphatic rings. The molecule has 1 aromatic rings. The minimum Gasteiger partial charge on any atom is -0.373 e. The van der Waals surface area contributed by atoms with E-state index in [4.69, 9.17) is 17.3 Å². The summed E-state index contributed by atoms with van der Waals surface area (Å²) in [6, 6.07) is 3.31. The average Bonchev–Trinajstić information content (AvgIpc) is 2.21. The van der Waals surface area contributed by atoms with Gasteiger partial charge in [-0.25, -0.2) is 0 Å². The van der Waals surface area contributed by atoms with E-state index in [-0.39, 0.29) is 11.9 Å². The fourth-order valence-electron chi connectivity index (χ4n) is 1.32. The van der Waals surface area contributed by atoms with Gasteiger partial charge in [0, 0.05) is 9.50 Å². The third-order valence-corrected chi connectivity index (χ3v) is 3.39. The average molecular weight is 306 g/mol. The summed E-state index contributed by atoms with van der Waals surface area (Å²) >= 11 is 9.43. The lowest BCUT2D eigenvalue weighted by Gasteiger charge is -2.16. The van der Waals surface area contributed by atoms with Crippen LogP contribution in [0.25, 0.3) is 0 Å². The Morgan fingerprint density at radius 1 is 1.62 bits per heavy atom. The number of aryl methyl sites for hydroxylation is 1. The fourth-order valence-corrected chi connectivity index (χ4v) is 2.05. The number of amides is 1. The number of benzene rings is 1. The molecule has 0 aliphatic carbocycles. The van der Waals surface area contributed by atoms with E-state index >= 15 is 0 Å². The molecule has 0 bridgehead atoms. The monoisotopic (exact) mass is 304 g/mol. The molecule has 5 heteroatoms. The lowest BCUT2D eigenvalue weighted by molar-refractivity contribution is -0.118. The fraction of sp³-hybridized carbons (Fsp3) is 0.364. The molecular weight excluding hydrogens is 291 g/mol. The van der Waals surface area contributed by atoms with Crippen molar-refractivity contribution in [2.45, 2.75) is 26.3 Å². The Hall–Kier alpha value is -0.740. The number of rotatable bonds is 4. The number of nitrogens with one attached hydrogen (secondary N) is 1. The van der Waals surface area contributed by atoms with Crippen molar-refractivity contribution in [3.63, 3.8) is 0 Å². The van der Waals surface area contributed by atoms with Crippen LogP contribution in [0.15, 0.2) is 16.6 Å². The van der Waals surface area contributed by atoms with Gasteiger partial charge in [0.2, 0.25) is 5.91 Å². The van der Waals surface area contributed by atoms with Crippen LogP contribution in [0, 0.1) is 6.92 Å². The normalized spacial score (nSPS) is 12.2. The molecule has 0 radical (unpaired) electrons. The number of carbonyl (C=O) groups is 1. The van der Waals surface area contributed by atoms with Gasteiger partial charge in [-0.3, -0.25) is 4.79 Å². The Morgan fingerprint density at radius 2 is 2.25 bits per heavy atom. The largest absolute Gasteiger partial charge is 0.373 e. The van der Waals surface area contributed by atoms with Crippen LogP contribution in [0.2, 0.25) is 5.02 Å². The van der Waals surface area contributed by atoms with E-state index in [0.717, 1.165) is 15.7 Å². The van der Waals surface area contributed by atoms with Crippen LogP contribution in [0.3, 0.4) is 0 Å². The van der Waals surface area contributed by atoms with Crippen molar-refractivity contribution in [3.8, 4) is 0 Å². The third kappa shape index (κ3) is 3.12. The molecule has 16 heavy (non-hydrogen) atoms. The molecule has 0 fully saturated rings. The summed E-state index contributed by atoms with van der Waals surface area (Å²) in [5, 5.41) is 3.72. The second kappa shape index (κ2) is 5.55. The van der Waals surface area contributed by atoms with E-state index < -0.39 is 0 Å². The van der Waals surface area contributed by atoms with Crippen LogP contribution in [0.1, 0.15) is 18.9 Å². The number of carbonyl (C=O) groups excluding carboxylic acids is 1. The predicted octanol–water partition coefficient (Wildman–Crippen LogP) is 3.09. The van der Waals surface area contributed by atoms with Gasteiger partial charge in [0.15, 0.2) is 0 Å². The molecule has 1 rings (SSSR count). The predicted molar refractivity (Wildman–Crippen MR) is 70.8 cm³/mol. The Labute approximate surface area is 108 Å². The van der Waals surface area contributed by atoms with Gasteiger partial charge < -0.3 is 11.1 Å². The molecular formula is C11H14BrClN2O. The number of hydrogen-bond acceptors (Lipinski definition) is 2. The first-order chi connectivity index (χ1) is 7.45. The second-order valence-electron chi connectivity index (χ2n) is 3.59. The van der Waals surface area contributed by atoms with Gasteiger partial charge >= 0.3 is 0 Å². The highest BCUT2D eigenvalue weighted by Crippen LogP contribution is 2.29. The lowest BCUT2D eigenvalue weighted by Crippen LogP contribution is -2.34. The van der Waals surface area contributed by atoms with Gasteiger partial charge in [-0.2, -0.15) is 0 Å². The topological polar surface area (TPSA) is 55.1 Å². The van der Waals surface area contributed by atoms with Gasteiger partial charge in [-0.15, -0.1) is 0 Å². The summed E-state index contributed by atoms with van der Waals surface area (Å²) in [4.78, 5) is 11.1. The van der Waals surface area contributed by atoms with Crippen molar-refractivity contribution in [2.24, 2.45) is 5.73 Å². The van der Waals surface area contributed by atoms with Crippen LogP contribution in [-0.4, -0.2) is 11.9 Å². The van der Waals surface area contributed by atoms with E-state index in [1.165, 1.54) is 0 Å². The molecule has 0 aliphatic heterocycles.